The summed E-state index contributed by atoms with van der Waals surface area (Å²) in [6.45, 7) is 7.63. The van der Waals surface area contributed by atoms with Gasteiger partial charge >= 0.3 is 0 Å². The summed E-state index contributed by atoms with van der Waals surface area (Å²) in [7, 11) is 0. The molecule has 0 radical (unpaired) electrons. The summed E-state index contributed by atoms with van der Waals surface area (Å²) < 4.78 is 5.59. The Labute approximate surface area is 124 Å². The number of hydrogen-bond donors (Lipinski definition) is 1. The molecular formula is C17H18N2O2. The Morgan fingerprint density at radius 2 is 2.05 bits per heavy atom. The molecule has 4 heteroatoms. The minimum Gasteiger partial charge on any atom is -0.489 e. The number of pyridine rings is 1. The highest BCUT2D eigenvalue weighted by Crippen LogP contribution is 2.23. The first-order valence-electron chi connectivity index (χ1n) is 6.70. The van der Waals surface area contributed by atoms with E-state index in [1.165, 1.54) is 0 Å². The lowest BCUT2D eigenvalue weighted by Crippen LogP contribution is -2.16. The molecule has 21 heavy (non-hydrogen) atoms. The molecule has 0 aliphatic heterocycles. The molecule has 0 atom stereocenters. The van der Waals surface area contributed by atoms with Crippen LogP contribution in [0.2, 0.25) is 0 Å². The fourth-order valence-electron chi connectivity index (χ4n) is 2.05. The fourth-order valence-corrected chi connectivity index (χ4v) is 2.05. The first kappa shape index (κ1) is 14.8. The van der Waals surface area contributed by atoms with Crippen LogP contribution in [0.15, 0.2) is 49.1 Å². The van der Waals surface area contributed by atoms with Gasteiger partial charge in [-0.05, 0) is 26.0 Å². The standard InChI is InChI=1S/C17H18N2O2/c1-4-10-21-15-11-12(2)18-13(3)16(15)17(20)19-14-8-6-5-7-9-14/h4-9,11H,1,10H2,2-3H3,(H,19,20). The molecule has 0 spiro atoms. The summed E-state index contributed by atoms with van der Waals surface area (Å²) in [4.78, 5) is 16.8. The van der Waals surface area contributed by atoms with Crippen molar-refractivity contribution in [2.75, 3.05) is 11.9 Å². The number of amides is 1. The maximum atomic E-state index is 12.5. The van der Waals surface area contributed by atoms with E-state index in [1.807, 2.05) is 37.3 Å². The topological polar surface area (TPSA) is 51.2 Å². The quantitative estimate of drug-likeness (QED) is 0.854. The molecule has 0 unspecified atom stereocenters. The number of aromatic nitrogens is 1. The van der Waals surface area contributed by atoms with Crippen molar-refractivity contribution < 1.29 is 9.53 Å². The maximum Gasteiger partial charge on any atom is 0.261 e. The first-order chi connectivity index (χ1) is 10.1. The second-order valence-corrected chi connectivity index (χ2v) is 4.64. The van der Waals surface area contributed by atoms with E-state index in [4.69, 9.17) is 4.74 Å². The average molecular weight is 282 g/mol. The van der Waals surface area contributed by atoms with Crippen molar-refractivity contribution in [3.63, 3.8) is 0 Å². The molecule has 4 nitrogen and oxygen atoms in total. The zero-order valence-corrected chi connectivity index (χ0v) is 12.2. The highest BCUT2D eigenvalue weighted by molar-refractivity contribution is 6.07. The molecule has 0 aliphatic rings. The zero-order valence-electron chi connectivity index (χ0n) is 12.2. The number of benzene rings is 1. The van der Waals surface area contributed by atoms with Gasteiger partial charge in [-0.2, -0.15) is 0 Å². The third kappa shape index (κ3) is 3.69. The number of anilines is 1. The van der Waals surface area contributed by atoms with Crippen LogP contribution < -0.4 is 10.1 Å². The minimum atomic E-state index is -0.231. The fraction of sp³-hybridized carbons (Fsp3) is 0.176. The van der Waals surface area contributed by atoms with Crippen molar-refractivity contribution in [1.29, 1.82) is 0 Å². The maximum absolute atomic E-state index is 12.5. The summed E-state index contributed by atoms with van der Waals surface area (Å²) in [5, 5.41) is 2.85. The number of rotatable bonds is 5. The van der Waals surface area contributed by atoms with Gasteiger partial charge in [-0.15, -0.1) is 0 Å². The van der Waals surface area contributed by atoms with Crippen molar-refractivity contribution in [2.45, 2.75) is 13.8 Å². The zero-order chi connectivity index (χ0) is 15.2. The van der Waals surface area contributed by atoms with Gasteiger partial charge in [0.2, 0.25) is 0 Å². The normalized spacial score (nSPS) is 10.0. The van der Waals surface area contributed by atoms with Crippen LogP contribution >= 0.6 is 0 Å². The third-order valence-corrected chi connectivity index (χ3v) is 2.91. The van der Waals surface area contributed by atoms with Gasteiger partial charge in [0, 0.05) is 17.4 Å². The second kappa shape index (κ2) is 6.70. The van der Waals surface area contributed by atoms with Crippen LogP contribution in [0.25, 0.3) is 0 Å². The number of nitrogens with one attached hydrogen (secondary N) is 1. The number of carbonyl (C=O) groups excluding carboxylic acids is 1. The number of para-hydroxylation sites is 1. The van der Waals surface area contributed by atoms with Crippen molar-refractivity contribution in [2.24, 2.45) is 0 Å². The highest BCUT2D eigenvalue weighted by atomic mass is 16.5. The SMILES string of the molecule is C=CCOc1cc(C)nc(C)c1C(=O)Nc1ccccc1. The van der Waals surface area contributed by atoms with Gasteiger partial charge in [0.1, 0.15) is 17.9 Å². The predicted octanol–water partition coefficient (Wildman–Crippen LogP) is 3.52. The Morgan fingerprint density at radius 1 is 1.33 bits per heavy atom. The van der Waals surface area contributed by atoms with Gasteiger partial charge in [-0.1, -0.05) is 30.9 Å². The molecule has 1 amide bonds. The number of aryl methyl sites for hydroxylation is 2. The summed E-state index contributed by atoms with van der Waals surface area (Å²) in [6.07, 6.45) is 1.64. The summed E-state index contributed by atoms with van der Waals surface area (Å²) in [6, 6.07) is 11.1. The van der Waals surface area contributed by atoms with Crippen molar-refractivity contribution in [3.05, 3.63) is 66.0 Å². The van der Waals surface area contributed by atoms with E-state index >= 15 is 0 Å². The van der Waals surface area contributed by atoms with Gasteiger partial charge in [-0.25, -0.2) is 0 Å². The number of nitrogens with zero attached hydrogens (tertiary/aromatic N) is 1. The van der Waals surface area contributed by atoms with E-state index in [0.717, 1.165) is 11.4 Å². The van der Waals surface area contributed by atoms with Crippen LogP contribution in [0.5, 0.6) is 5.75 Å². The first-order valence-corrected chi connectivity index (χ1v) is 6.70. The minimum absolute atomic E-state index is 0.231. The molecule has 2 rings (SSSR count). The Kier molecular flexibility index (Phi) is 4.72. The molecule has 108 valence electrons. The molecule has 1 N–H and O–H groups in total. The van der Waals surface area contributed by atoms with Gasteiger partial charge in [0.05, 0.1) is 5.69 Å². The molecule has 1 aromatic heterocycles. The third-order valence-electron chi connectivity index (χ3n) is 2.91. The van der Waals surface area contributed by atoms with Crippen molar-refractivity contribution in [3.8, 4) is 5.75 Å². The summed E-state index contributed by atoms with van der Waals surface area (Å²) in [5.41, 5.74) is 2.63. The number of ether oxygens (including phenoxy) is 1. The van der Waals surface area contributed by atoms with Gasteiger partial charge < -0.3 is 10.1 Å². The lowest BCUT2D eigenvalue weighted by molar-refractivity contribution is 0.102. The van der Waals surface area contributed by atoms with Crippen LogP contribution in [0, 0.1) is 13.8 Å². The summed E-state index contributed by atoms with van der Waals surface area (Å²) >= 11 is 0. The molecule has 0 saturated carbocycles. The van der Waals surface area contributed by atoms with Crippen LogP contribution in [-0.2, 0) is 0 Å². The molecule has 0 fully saturated rings. The van der Waals surface area contributed by atoms with E-state index in [0.29, 0.717) is 23.6 Å². The Balaban J connectivity index is 2.32. The Bertz CT molecular complexity index is 651. The van der Waals surface area contributed by atoms with E-state index in [9.17, 15) is 4.79 Å². The molecule has 2 aromatic rings. The predicted molar refractivity (Wildman–Crippen MR) is 83.8 cm³/mol. The molecule has 0 bridgehead atoms. The molecule has 1 aromatic carbocycles. The van der Waals surface area contributed by atoms with Crippen LogP contribution in [0.4, 0.5) is 5.69 Å². The smallest absolute Gasteiger partial charge is 0.261 e. The van der Waals surface area contributed by atoms with E-state index in [2.05, 4.69) is 16.9 Å². The van der Waals surface area contributed by atoms with E-state index < -0.39 is 0 Å². The molecule has 1 heterocycles. The highest BCUT2D eigenvalue weighted by Gasteiger charge is 2.17. The van der Waals surface area contributed by atoms with E-state index in [1.54, 1.807) is 19.1 Å². The van der Waals surface area contributed by atoms with Gasteiger partial charge in [-0.3, -0.25) is 9.78 Å². The van der Waals surface area contributed by atoms with Crippen LogP contribution in [-0.4, -0.2) is 17.5 Å². The second-order valence-electron chi connectivity index (χ2n) is 4.64. The van der Waals surface area contributed by atoms with Gasteiger partial charge in [0.25, 0.3) is 5.91 Å². The monoisotopic (exact) mass is 282 g/mol. The molecule has 0 saturated heterocycles. The van der Waals surface area contributed by atoms with Crippen molar-refractivity contribution >= 4 is 11.6 Å². The van der Waals surface area contributed by atoms with Gasteiger partial charge in [0.15, 0.2) is 0 Å². The lowest BCUT2D eigenvalue weighted by Gasteiger charge is -2.13. The molecular weight excluding hydrogens is 264 g/mol. The number of carbonyl (C=O) groups is 1. The van der Waals surface area contributed by atoms with Crippen LogP contribution in [0.3, 0.4) is 0 Å². The van der Waals surface area contributed by atoms with Crippen LogP contribution in [0.1, 0.15) is 21.7 Å². The lowest BCUT2D eigenvalue weighted by atomic mass is 10.1. The largest absolute Gasteiger partial charge is 0.489 e. The van der Waals surface area contributed by atoms with E-state index in [-0.39, 0.29) is 5.91 Å². The molecule has 0 aliphatic carbocycles. The summed E-state index contributed by atoms with van der Waals surface area (Å²) in [5.74, 6) is 0.290. The Hall–Kier alpha value is -2.62. The Morgan fingerprint density at radius 3 is 2.71 bits per heavy atom. The van der Waals surface area contributed by atoms with Crippen molar-refractivity contribution in [1.82, 2.24) is 4.98 Å². The number of hydrogen-bond acceptors (Lipinski definition) is 3. The average Bonchev–Trinajstić information content (AvgIpc) is 2.45.